The van der Waals surface area contributed by atoms with E-state index in [1.807, 2.05) is 12.1 Å². The number of nitrogens with one attached hydrogen (secondary N) is 2. The zero-order valence-corrected chi connectivity index (χ0v) is 32.5. The summed E-state index contributed by atoms with van der Waals surface area (Å²) in [5.74, 6) is 1.69. The number of carbonyl (C=O) groups is 3. The van der Waals surface area contributed by atoms with Crippen molar-refractivity contribution in [1.29, 1.82) is 0 Å². The lowest BCUT2D eigenvalue weighted by Gasteiger charge is -2.40. The van der Waals surface area contributed by atoms with Crippen LogP contribution < -0.4 is 34.6 Å². The Morgan fingerprint density at radius 1 is 0.877 bits per heavy atom. The Balaban J connectivity index is 0.864. The largest absolute Gasteiger partial charge is 0.508 e. The average Bonchev–Trinajstić information content (AvgIpc) is 3.24. The van der Waals surface area contributed by atoms with Gasteiger partial charge in [-0.1, -0.05) is 42.5 Å². The highest BCUT2D eigenvalue weighted by molar-refractivity contribution is 6.03. The molecule has 4 aliphatic heterocycles. The molecule has 3 saturated heterocycles. The smallest absolute Gasteiger partial charge is 0.270 e. The van der Waals surface area contributed by atoms with Gasteiger partial charge in [0.05, 0.1) is 32.7 Å². The molecule has 57 heavy (non-hydrogen) atoms. The number of benzene rings is 3. The standard InChI is InChI=1S/C44H50N6O7/c1-55-38-22-30(8-10-32(38)42-33-11-9-31(51)23-39(33)57-27-34(42)29-6-4-3-5-7-29)49-16-14-28(15-17-49)26-48-18-20-50(21-19-48)37-25-45-36(24-40(37)56-2)44(54)46-35-12-13-41(52)47-43(35)53/h3-11,22-25,28,34-35,42,51H,12-21,26-27H2,1-2H3,(H,46,54)(H,47,52,53)/t34-,35?,42-/m0/s1. The molecule has 0 aliphatic carbocycles. The van der Waals surface area contributed by atoms with Crippen LogP contribution in [0, 0.1) is 5.92 Å². The van der Waals surface area contributed by atoms with Crippen molar-refractivity contribution in [1.82, 2.24) is 20.5 Å². The number of hydrogen-bond donors (Lipinski definition) is 3. The molecule has 0 bridgehead atoms. The SMILES string of the molecule is COc1cc(N2CCC(CN3CCN(c4cnc(C(=O)NC5CCC(=O)NC5=O)cc4OC)CC3)CC2)ccc1[C@H]1c2ccc(O)cc2OC[C@H]1c1ccccc1. The first-order chi connectivity index (χ1) is 27.8. The molecule has 1 unspecified atom stereocenters. The second-order valence-corrected chi connectivity index (χ2v) is 15.4. The van der Waals surface area contributed by atoms with Crippen LogP contribution in [0.5, 0.6) is 23.0 Å². The molecule has 4 aliphatic rings. The van der Waals surface area contributed by atoms with Crippen molar-refractivity contribution in [3.63, 3.8) is 0 Å². The molecule has 13 heteroatoms. The minimum absolute atomic E-state index is 0.00188. The van der Waals surface area contributed by atoms with Crippen LogP contribution >= 0.6 is 0 Å². The summed E-state index contributed by atoms with van der Waals surface area (Å²) < 4.78 is 18.0. The summed E-state index contributed by atoms with van der Waals surface area (Å²) in [5, 5.41) is 15.2. The highest BCUT2D eigenvalue weighted by Gasteiger charge is 2.36. The fraction of sp³-hybridized carbons (Fsp3) is 0.409. The van der Waals surface area contributed by atoms with Crippen molar-refractivity contribution in [3.05, 3.63) is 101 Å². The molecule has 3 aromatic carbocycles. The molecule has 3 atom stereocenters. The van der Waals surface area contributed by atoms with E-state index < -0.39 is 17.9 Å². The second kappa shape index (κ2) is 16.7. The monoisotopic (exact) mass is 774 g/mol. The number of hydrogen-bond acceptors (Lipinski definition) is 11. The summed E-state index contributed by atoms with van der Waals surface area (Å²) in [6, 6.07) is 23.4. The van der Waals surface area contributed by atoms with Gasteiger partial charge >= 0.3 is 0 Å². The summed E-state index contributed by atoms with van der Waals surface area (Å²) in [6.07, 6.45) is 4.33. The van der Waals surface area contributed by atoms with E-state index in [4.69, 9.17) is 14.2 Å². The Kier molecular flexibility index (Phi) is 11.2. The van der Waals surface area contributed by atoms with Crippen molar-refractivity contribution >= 4 is 29.1 Å². The quantitative estimate of drug-likeness (QED) is 0.193. The predicted octanol–water partition coefficient (Wildman–Crippen LogP) is 4.69. The molecule has 8 rings (SSSR count). The lowest BCUT2D eigenvalue weighted by molar-refractivity contribution is -0.134. The Bertz CT molecular complexity index is 2100. The predicted molar refractivity (Wildman–Crippen MR) is 216 cm³/mol. The molecule has 3 amide bonds. The van der Waals surface area contributed by atoms with Crippen LogP contribution in [-0.2, 0) is 9.59 Å². The van der Waals surface area contributed by atoms with Gasteiger partial charge in [-0.25, -0.2) is 4.98 Å². The highest BCUT2D eigenvalue weighted by atomic mass is 16.5. The van der Waals surface area contributed by atoms with Gasteiger partial charge in [0.2, 0.25) is 11.8 Å². The van der Waals surface area contributed by atoms with Crippen molar-refractivity contribution < 1.29 is 33.7 Å². The van der Waals surface area contributed by atoms with Gasteiger partial charge in [0.1, 0.15) is 34.7 Å². The van der Waals surface area contributed by atoms with Gasteiger partial charge in [-0.05, 0) is 42.9 Å². The van der Waals surface area contributed by atoms with Crippen LogP contribution in [0.15, 0.2) is 79.0 Å². The molecular formula is C44H50N6O7. The number of imide groups is 1. The Morgan fingerprint density at radius 3 is 2.37 bits per heavy atom. The Hall–Kier alpha value is -5.82. The maximum Gasteiger partial charge on any atom is 0.270 e. The van der Waals surface area contributed by atoms with E-state index in [0.29, 0.717) is 24.0 Å². The molecule has 4 aromatic rings. The molecule has 0 saturated carbocycles. The zero-order valence-electron chi connectivity index (χ0n) is 32.5. The summed E-state index contributed by atoms with van der Waals surface area (Å²) in [6.45, 7) is 6.98. The molecule has 3 N–H and O–H groups in total. The first kappa shape index (κ1) is 38.1. The number of pyridine rings is 1. The third kappa shape index (κ3) is 8.20. The van der Waals surface area contributed by atoms with Crippen molar-refractivity contribution in [2.75, 3.05) is 76.4 Å². The number of amides is 3. The van der Waals surface area contributed by atoms with Crippen molar-refractivity contribution in [3.8, 4) is 23.0 Å². The van der Waals surface area contributed by atoms with Crippen molar-refractivity contribution in [2.45, 2.75) is 43.6 Å². The van der Waals surface area contributed by atoms with E-state index in [1.54, 1.807) is 38.6 Å². The fourth-order valence-corrected chi connectivity index (χ4v) is 8.85. The number of fused-ring (bicyclic) bond motifs is 1. The molecule has 1 aromatic heterocycles. The molecule has 0 spiro atoms. The third-order valence-electron chi connectivity index (χ3n) is 12.0. The van der Waals surface area contributed by atoms with E-state index in [9.17, 15) is 19.5 Å². The summed E-state index contributed by atoms with van der Waals surface area (Å²) in [7, 11) is 3.32. The van der Waals surface area contributed by atoms with Gasteiger partial charge in [-0.3, -0.25) is 24.6 Å². The van der Waals surface area contributed by atoms with E-state index in [1.165, 1.54) is 11.3 Å². The third-order valence-corrected chi connectivity index (χ3v) is 12.0. The Morgan fingerprint density at radius 2 is 1.63 bits per heavy atom. The molecule has 5 heterocycles. The van der Waals surface area contributed by atoms with Crippen LogP contribution in [0.25, 0.3) is 0 Å². The van der Waals surface area contributed by atoms with Gasteiger partial charge in [-0.2, -0.15) is 0 Å². The number of methoxy groups -OCH3 is 2. The van der Waals surface area contributed by atoms with Gasteiger partial charge in [0.25, 0.3) is 5.91 Å². The van der Waals surface area contributed by atoms with Gasteiger partial charge in [0.15, 0.2) is 0 Å². The van der Waals surface area contributed by atoms with Crippen LogP contribution in [0.1, 0.15) is 64.7 Å². The van der Waals surface area contributed by atoms with Crippen LogP contribution in [0.4, 0.5) is 11.4 Å². The number of piperidine rings is 2. The van der Waals surface area contributed by atoms with Gasteiger partial charge in [-0.15, -0.1) is 0 Å². The van der Waals surface area contributed by atoms with E-state index in [0.717, 1.165) is 81.2 Å². The number of phenols is 1. The fourth-order valence-electron chi connectivity index (χ4n) is 8.85. The first-order valence-corrected chi connectivity index (χ1v) is 19.9. The summed E-state index contributed by atoms with van der Waals surface area (Å²) >= 11 is 0. The molecule has 13 nitrogen and oxygen atoms in total. The summed E-state index contributed by atoms with van der Waals surface area (Å²) in [5.41, 5.74) is 5.52. The van der Waals surface area contributed by atoms with Crippen molar-refractivity contribution in [2.24, 2.45) is 5.92 Å². The minimum Gasteiger partial charge on any atom is -0.508 e. The molecular weight excluding hydrogens is 725 g/mol. The summed E-state index contributed by atoms with van der Waals surface area (Å²) in [4.78, 5) is 48.2. The molecule has 0 radical (unpaired) electrons. The number of nitrogens with zero attached hydrogens (tertiary/aromatic N) is 4. The number of carbonyl (C=O) groups excluding carboxylic acids is 3. The van der Waals surface area contributed by atoms with Gasteiger partial charge < -0.3 is 34.4 Å². The number of rotatable bonds is 10. The molecule has 298 valence electrons. The van der Waals surface area contributed by atoms with E-state index in [2.05, 4.69) is 72.8 Å². The van der Waals surface area contributed by atoms with E-state index in [-0.39, 0.29) is 42.0 Å². The van der Waals surface area contributed by atoms with Crippen LogP contribution in [0.3, 0.4) is 0 Å². The normalized spacial score (nSPS) is 21.6. The minimum atomic E-state index is -0.772. The number of aromatic hydroxyl groups is 1. The number of phenolic OH excluding ortho intramolecular Hbond substituents is 1. The number of anilines is 2. The van der Waals surface area contributed by atoms with E-state index >= 15 is 0 Å². The zero-order chi connectivity index (χ0) is 39.5. The second-order valence-electron chi connectivity index (χ2n) is 15.4. The molecule has 3 fully saturated rings. The number of piperazine rings is 1. The maximum atomic E-state index is 12.9. The van der Waals surface area contributed by atoms with Gasteiger partial charge in [0, 0.05) is 99.1 Å². The highest BCUT2D eigenvalue weighted by Crippen LogP contribution is 2.49. The number of ether oxygens (including phenoxy) is 3. The lowest BCUT2D eigenvalue weighted by Crippen LogP contribution is -2.52. The average molecular weight is 775 g/mol. The number of aromatic nitrogens is 1. The Labute approximate surface area is 332 Å². The maximum absolute atomic E-state index is 12.9. The van der Waals surface area contributed by atoms with Crippen LogP contribution in [0.2, 0.25) is 0 Å². The lowest BCUT2D eigenvalue weighted by atomic mass is 9.75. The first-order valence-electron chi connectivity index (χ1n) is 19.9. The van der Waals surface area contributed by atoms with Crippen LogP contribution in [-0.4, -0.2) is 105 Å². The topological polar surface area (TPSA) is 146 Å².